The molecule has 0 heterocycles. The van der Waals surface area contributed by atoms with Gasteiger partial charge in [0.1, 0.15) is 12.4 Å². The van der Waals surface area contributed by atoms with Crippen molar-refractivity contribution in [1.82, 2.24) is 5.32 Å². The Kier molecular flexibility index (Phi) is 6.05. The average Bonchev–Trinajstić information content (AvgIpc) is 2.34. The lowest BCUT2D eigenvalue weighted by atomic mass is 10.2. The van der Waals surface area contributed by atoms with E-state index in [1.165, 1.54) is 0 Å². The molecule has 5 nitrogen and oxygen atoms in total. The van der Waals surface area contributed by atoms with Gasteiger partial charge in [-0.25, -0.2) is 4.79 Å². The molecule has 1 amide bonds. The molecule has 0 aliphatic heterocycles. The summed E-state index contributed by atoms with van der Waals surface area (Å²) in [6.07, 6.45) is -0.645. The number of carbonyl (C=O) groups is 1. The Morgan fingerprint density at radius 3 is 2.44 bits per heavy atom. The van der Waals surface area contributed by atoms with Crippen LogP contribution in [-0.2, 0) is 11.3 Å². The third-order valence-corrected chi connectivity index (χ3v) is 3.58. The molecule has 0 aliphatic carbocycles. The van der Waals surface area contributed by atoms with Crippen molar-refractivity contribution in [3.8, 4) is 0 Å². The molecule has 3 N–H and O–H groups in total. The summed E-state index contributed by atoms with van der Waals surface area (Å²) in [7, 11) is -2.21. The van der Waals surface area contributed by atoms with Crippen molar-refractivity contribution in [2.45, 2.75) is 26.2 Å². The van der Waals surface area contributed by atoms with Crippen LogP contribution in [0, 0.1) is 5.92 Å². The Balaban J connectivity index is 2.41. The minimum atomic E-state index is -2.21. The molecule has 0 bridgehead atoms. The van der Waals surface area contributed by atoms with Crippen molar-refractivity contribution in [2.24, 2.45) is 5.92 Å². The Bertz CT molecular complexity index is 362. The highest BCUT2D eigenvalue weighted by Gasteiger charge is 2.24. The lowest BCUT2D eigenvalue weighted by molar-refractivity contribution is 0.136. The number of rotatable bonds is 5. The first-order valence-corrected chi connectivity index (χ1v) is 6.96. The van der Waals surface area contributed by atoms with Gasteiger partial charge in [0, 0.05) is 0 Å². The molecule has 0 aromatic heterocycles. The lowest BCUT2D eigenvalue weighted by Crippen LogP contribution is -2.37. The number of nitrogens with one attached hydrogen (secondary N) is 1. The summed E-state index contributed by atoms with van der Waals surface area (Å²) in [6, 6.07) is 9.28. The first kappa shape index (κ1) is 14.9. The van der Waals surface area contributed by atoms with E-state index in [4.69, 9.17) is 14.5 Å². The molecule has 1 aromatic rings. The zero-order valence-electron chi connectivity index (χ0n) is 10.4. The maximum absolute atomic E-state index is 11.5. The normalized spacial score (nSPS) is 12.6. The van der Waals surface area contributed by atoms with E-state index in [0.29, 0.717) is 0 Å². The summed E-state index contributed by atoms with van der Waals surface area (Å²) < 4.78 is 5.00. The van der Waals surface area contributed by atoms with Gasteiger partial charge in [-0.1, -0.05) is 44.2 Å². The quantitative estimate of drug-likeness (QED) is 0.717. The van der Waals surface area contributed by atoms with Crippen LogP contribution in [0.2, 0.25) is 0 Å². The van der Waals surface area contributed by atoms with Crippen molar-refractivity contribution >= 4 is 14.5 Å². The number of hydrogen-bond acceptors (Lipinski definition) is 4. The fourth-order valence-corrected chi connectivity index (χ4v) is 2.13. The van der Waals surface area contributed by atoms with Gasteiger partial charge in [-0.15, -0.1) is 0 Å². The fraction of sp³-hybridized carbons (Fsp3) is 0.417. The van der Waals surface area contributed by atoms with Crippen molar-refractivity contribution in [1.29, 1.82) is 0 Å². The Morgan fingerprint density at radius 1 is 1.33 bits per heavy atom. The van der Waals surface area contributed by atoms with Crippen LogP contribution < -0.4 is 5.32 Å². The largest absolute Gasteiger partial charge is 0.445 e. The molecule has 100 valence electrons. The summed E-state index contributed by atoms with van der Waals surface area (Å²) in [5.74, 6) is -0.751. The maximum Gasteiger partial charge on any atom is 0.408 e. The van der Waals surface area contributed by atoms with Gasteiger partial charge in [-0.05, 0) is 11.5 Å². The van der Waals surface area contributed by atoms with Crippen LogP contribution in [0.3, 0.4) is 0 Å². The SMILES string of the molecule is CC(C)[C@H](NC(=O)OCc1ccccc1)P(O)O. The molecule has 1 aromatic carbocycles. The molecule has 1 rings (SSSR count). The minimum absolute atomic E-state index is 0.0737. The molecule has 0 aliphatic rings. The van der Waals surface area contributed by atoms with Crippen LogP contribution in [-0.4, -0.2) is 21.7 Å². The Hall–Kier alpha value is -1.16. The lowest BCUT2D eigenvalue weighted by Gasteiger charge is -2.22. The van der Waals surface area contributed by atoms with Crippen LogP contribution in [0.15, 0.2) is 30.3 Å². The molecule has 0 spiro atoms. The minimum Gasteiger partial charge on any atom is -0.445 e. The van der Waals surface area contributed by atoms with E-state index in [9.17, 15) is 4.79 Å². The van der Waals surface area contributed by atoms with Gasteiger partial charge in [-0.3, -0.25) is 0 Å². The summed E-state index contributed by atoms with van der Waals surface area (Å²) in [5.41, 5.74) is 0.879. The van der Waals surface area contributed by atoms with E-state index >= 15 is 0 Å². The topological polar surface area (TPSA) is 78.8 Å². The van der Waals surface area contributed by atoms with Crippen molar-refractivity contribution in [3.63, 3.8) is 0 Å². The van der Waals surface area contributed by atoms with Gasteiger partial charge in [0.15, 0.2) is 8.38 Å². The monoisotopic (exact) mass is 271 g/mol. The van der Waals surface area contributed by atoms with Gasteiger partial charge in [0.2, 0.25) is 0 Å². The zero-order valence-corrected chi connectivity index (χ0v) is 11.3. The van der Waals surface area contributed by atoms with Gasteiger partial charge in [0.25, 0.3) is 0 Å². The highest BCUT2D eigenvalue weighted by atomic mass is 31.2. The summed E-state index contributed by atoms with van der Waals surface area (Å²) in [6.45, 7) is 3.75. The van der Waals surface area contributed by atoms with Crippen LogP contribution in [0.25, 0.3) is 0 Å². The van der Waals surface area contributed by atoms with E-state index in [2.05, 4.69) is 5.32 Å². The molecule has 0 unspecified atom stereocenters. The third-order valence-electron chi connectivity index (χ3n) is 2.36. The molecular weight excluding hydrogens is 253 g/mol. The third kappa shape index (κ3) is 5.00. The van der Waals surface area contributed by atoms with Crippen LogP contribution in [0.5, 0.6) is 0 Å². The first-order chi connectivity index (χ1) is 8.50. The smallest absolute Gasteiger partial charge is 0.408 e. The number of alkyl carbamates (subject to hydrolysis) is 1. The fourth-order valence-electron chi connectivity index (χ4n) is 1.38. The molecule has 0 saturated carbocycles. The maximum atomic E-state index is 11.5. The van der Waals surface area contributed by atoms with Gasteiger partial charge < -0.3 is 19.8 Å². The molecule has 0 fully saturated rings. The summed E-state index contributed by atoms with van der Waals surface area (Å²) in [5, 5.41) is 2.45. The van der Waals surface area contributed by atoms with E-state index < -0.39 is 20.3 Å². The molecular formula is C12H18NO4P. The number of carbonyl (C=O) groups excluding carboxylic acids is 1. The number of benzene rings is 1. The molecule has 1 atom stereocenters. The predicted molar refractivity (Wildman–Crippen MR) is 69.7 cm³/mol. The predicted octanol–water partition coefficient (Wildman–Crippen LogP) is 2.19. The zero-order chi connectivity index (χ0) is 13.5. The number of amides is 1. The second kappa shape index (κ2) is 7.31. The standard InChI is InChI=1S/C12H18NO4P/c1-9(2)11(18(15)16)13-12(14)17-8-10-6-4-3-5-7-10/h3-7,9,11,15-16H,8H2,1-2H3,(H,13,14)/t11-/m1/s1. The van der Waals surface area contributed by atoms with Gasteiger partial charge in [0.05, 0.1) is 0 Å². The van der Waals surface area contributed by atoms with E-state index in [1.807, 2.05) is 30.3 Å². The Morgan fingerprint density at radius 2 is 1.94 bits per heavy atom. The van der Waals surface area contributed by atoms with E-state index in [-0.39, 0.29) is 12.5 Å². The highest BCUT2D eigenvalue weighted by Crippen LogP contribution is 2.33. The van der Waals surface area contributed by atoms with E-state index in [1.54, 1.807) is 13.8 Å². The van der Waals surface area contributed by atoms with Crippen molar-refractivity contribution < 1.29 is 19.3 Å². The summed E-state index contributed by atoms with van der Waals surface area (Å²) in [4.78, 5) is 29.8. The number of hydrogen-bond donors (Lipinski definition) is 3. The first-order valence-electron chi connectivity index (χ1n) is 5.65. The second-order valence-electron chi connectivity index (χ2n) is 4.22. The molecule has 18 heavy (non-hydrogen) atoms. The number of ether oxygens (including phenoxy) is 1. The van der Waals surface area contributed by atoms with Gasteiger partial charge >= 0.3 is 6.09 Å². The molecule has 6 heteroatoms. The van der Waals surface area contributed by atoms with Crippen molar-refractivity contribution in [3.05, 3.63) is 35.9 Å². The Labute approximate surface area is 108 Å². The van der Waals surface area contributed by atoms with Crippen molar-refractivity contribution in [2.75, 3.05) is 0 Å². The van der Waals surface area contributed by atoms with Crippen LogP contribution >= 0.6 is 8.38 Å². The van der Waals surface area contributed by atoms with Crippen LogP contribution in [0.1, 0.15) is 19.4 Å². The average molecular weight is 271 g/mol. The molecule has 0 radical (unpaired) electrons. The van der Waals surface area contributed by atoms with E-state index in [0.717, 1.165) is 5.56 Å². The molecule has 0 saturated heterocycles. The van der Waals surface area contributed by atoms with Gasteiger partial charge in [-0.2, -0.15) is 0 Å². The highest BCUT2D eigenvalue weighted by molar-refractivity contribution is 7.45. The van der Waals surface area contributed by atoms with Crippen LogP contribution in [0.4, 0.5) is 4.79 Å². The summed E-state index contributed by atoms with van der Waals surface area (Å²) >= 11 is 0. The second-order valence-corrected chi connectivity index (χ2v) is 5.41.